The van der Waals surface area contributed by atoms with Crippen molar-refractivity contribution in [3.8, 4) is 0 Å². The van der Waals surface area contributed by atoms with Gasteiger partial charge in [-0.05, 0) is 67.5 Å². The van der Waals surface area contributed by atoms with Gasteiger partial charge in [-0.2, -0.15) is 0 Å². The average Bonchev–Trinajstić information content (AvgIpc) is 3.30. The predicted octanol–water partition coefficient (Wildman–Crippen LogP) is 4.22. The van der Waals surface area contributed by atoms with E-state index in [1.54, 1.807) is 6.20 Å². The van der Waals surface area contributed by atoms with Crippen LogP contribution in [0.1, 0.15) is 57.8 Å². The number of fused-ring (bicyclic) bond motifs is 1. The van der Waals surface area contributed by atoms with E-state index in [1.165, 1.54) is 29.5 Å². The number of carbonyl (C=O) groups excluding carboxylic acids is 1. The predicted molar refractivity (Wildman–Crippen MR) is 107 cm³/mol. The monoisotopic (exact) mass is 359 g/mol. The quantitative estimate of drug-likeness (QED) is 0.741. The lowest BCUT2D eigenvalue weighted by Gasteiger charge is -2.16. The van der Waals surface area contributed by atoms with E-state index in [9.17, 15) is 4.79 Å². The molecule has 4 rings (SSSR count). The van der Waals surface area contributed by atoms with Crippen molar-refractivity contribution in [2.45, 2.75) is 45.7 Å². The molecule has 1 aliphatic rings. The van der Waals surface area contributed by atoms with Crippen molar-refractivity contribution in [2.75, 3.05) is 0 Å². The second-order valence-corrected chi connectivity index (χ2v) is 7.38. The smallest absolute Gasteiger partial charge is 0.251 e. The van der Waals surface area contributed by atoms with Gasteiger partial charge in [0.2, 0.25) is 0 Å². The van der Waals surface area contributed by atoms with E-state index >= 15 is 0 Å². The number of nitrogens with zero attached hydrogens (tertiary/aromatic N) is 2. The van der Waals surface area contributed by atoms with E-state index in [1.807, 2.05) is 44.3 Å². The molecule has 0 fully saturated rings. The first-order valence-electron chi connectivity index (χ1n) is 9.59. The topological polar surface area (TPSA) is 46.9 Å². The third-order valence-electron chi connectivity index (χ3n) is 5.46. The van der Waals surface area contributed by atoms with Crippen LogP contribution in [0, 0.1) is 6.92 Å². The number of aryl methyl sites for hydroxylation is 3. The van der Waals surface area contributed by atoms with Crippen molar-refractivity contribution in [3.63, 3.8) is 0 Å². The maximum Gasteiger partial charge on any atom is 0.251 e. The molecule has 1 amide bonds. The molecule has 0 aliphatic heterocycles. The molecule has 0 radical (unpaired) electrons. The lowest BCUT2D eigenvalue weighted by Crippen LogP contribution is -2.26. The first-order chi connectivity index (χ1) is 13.1. The maximum atomic E-state index is 12.6. The van der Waals surface area contributed by atoms with Crippen molar-refractivity contribution >= 4 is 5.91 Å². The number of hydrogen-bond donors (Lipinski definition) is 1. The van der Waals surface area contributed by atoms with Gasteiger partial charge in [0.1, 0.15) is 5.82 Å². The van der Waals surface area contributed by atoms with Gasteiger partial charge in [0, 0.05) is 24.5 Å². The molecule has 27 heavy (non-hydrogen) atoms. The summed E-state index contributed by atoms with van der Waals surface area (Å²) in [5, 5.41) is 3.12. The Labute approximate surface area is 160 Å². The number of hydrogen-bond acceptors (Lipinski definition) is 2. The second kappa shape index (κ2) is 7.39. The van der Waals surface area contributed by atoms with Gasteiger partial charge in [-0.3, -0.25) is 4.79 Å². The third kappa shape index (κ3) is 3.80. The van der Waals surface area contributed by atoms with Crippen LogP contribution < -0.4 is 5.32 Å². The molecular formula is C23H25N3O. The number of imidazole rings is 1. The van der Waals surface area contributed by atoms with E-state index in [2.05, 4.69) is 33.1 Å². The van der Waals surface area contributed by atoms with Gasteiger partial charge in [0.15, 0.2) is 0 Å². The highest BCUT2D eigenvalue weighted by molar-refractivity contribution is 5.94. The summed E-state index contributed by atoms with van der Waals surface area (Å²) in [5.41, 5.74) is 5.92. The summed E-state index contributed by atoms with van der Waals surface area (Å²) in [7, 11) is 0. The summed E-state index contributed by atoms with van der Waals surface area (Å²) in [6.45, 7) is 4.80. The molecule has 4 nitrogen and oxygen atoms in total. The normalized spacial score (nSPS) is 14.0. The molecular weight excluding hydrogens is 334 g/mol. The molecule has 0 saturated carbocycles. The summed E-state index contributed by atoms with van der Waals surface area (Å²) in [4.78, 5) is 16.9. The van der Waals surface area contributed by atoms with Gasteiger partial charge >= 0.3 is 0 Å². The summed E-state index contributed by atoms with van der Waals surface area (Å²) < 4.78 is 2.09. The highest BCUT2D eigenvalue weighted by atomic mass is 16.1. The van der Waals surface area contributed by atoms with Gasteiger partial charge < -0.3 is 9.88 Å². The molecule has 1 N–H and O–H groups in total. The number of nitrogens with one attached hydrogen (secondary N) is 1. The number of benzene rings is 2. The zero-order chi connectivity index (χ0) is 18.8. The van der Waals surface area contributed by atoms with Crippen molar-refractivity contribution in [2.24, 2.45) is 0 Å². The summed E-state index contributed by atoms with van der Waals surface area (Å²) in [6.07, 6.45) is 7.35. The van der Waals surface area contributed by atoms with Gasteiger partial charge in [-0.15, -0.1) is 0 Å². The Balaban J connectivity index is 1.41. The fourth-order valence-electron chi connectivity index (χ4n) is 3.75. The molecule has 138 valence electrons. The first-order valence-corrected chi connectivity index (χ1v) is 9.59. The SMILES string of the molecule is Cc1nccn1Cc1ccc(C(=O)N[C@H](C)c2ccc3c(c2)CCC3)cc1. The fraction of sp³-hybridized carbons (Fsp3) is 0.304. The number of amides is 1. The van der Waals surface area contributed by atoms with Crippen LogP contribution in [0.4, 0.5) is 0 Å². The van der Waals surface area contributed by atoms with E-state index in [-0.39, 0.29) is 11.9 Å². The molecule has 0 bridgehead atoms. The minimum absolute atomic E-state index is 0.00308. The second-order valence-electron chi connectivity index (χ2n) is 7.38. The molecule has 0 saturated heterocycles. The van der Waals surface area contributed by atoms with E-state index in [4.69, 9.17) is 0 Å². The molecule has 4 heteroatoms. The Hall–Kier alpha value is -2.88. The summed E-state index contributed by atoms with van der Waals surface area (Å²) in [5.74, 6) is 0.952. The number of rotatable bonds is 5. The van der Waals surface area contributed by atoms with Crippen LogP contribution in [0.2, 0.25) is 0 Å². The van der Waals surface area contributed by atoms with Crippen LogP contribution in [0.15, 0.2) is 54.9 Å². The van der Waals surface area contributed by atoms with Gasteiger partial charge in [0.25, 0.3) is 5.91 Å². The minimum Gasteiger partial charge on any atom is -0.346 e. The Bertz CT molecular complexity index is 956. The Kier molecular flexibility index (Phi) is 4.80. The van der Waals surface area contributed by atoms with Crippen LogP contribution in [0.3, 0.4) is 0 Å². The number of aromatic nitrogens is 2. The van der Waals surface area contributed by atoms with Crippen LogP contribution in [0.25, 0.3) is 0 Å². The van der Waals surface area contributed by atoms with Crippen LogP contribution in [0.5, 0.6) is 0 Å². The minimum atomic E-state index is -0.0339. The molecule has 1 heterocycles. The fourth-order valence-corrected chi connectivity index (χ4v) is 3.75. The van der Waals surface area contributed by atoms with Crippen LogP contribution in [-0.4, -0.2) is 15.5 Å². The van der Waals surface area contributed by atoms with Crippen molar-refractivity contribution < 1.29 is 4.79 Å². The van der Waals surface area contributed by atoms with Gasteiger partial charge in [-0.1, -0.05) is 30.3 Å². The molecule has 2 aromatic carbocycles. The zero-order valence-corrected chi connectivity index (χ0v) is 15.9. The molecule has 1 atom stereocenters. The molecule has 0 unspecified atom stereocenters. The van der Waals surface area contributed by atoms with Crippen LogP contribution >= 0.6 is 0 Å². The van der Waals surface area contributed by atoms with Crippen molar-refractivity contribution in [1.29, 1.82) is 0 Å². The molecule has 0 spiro atoms. The number of carbonyl (C=O) groups is 1. The van der Waals surface area contributed by atoms with E-state index in [0.717, 1.165) is 24.4 Å². The summed E-state index contributed by atoms with van der Waals surface area (Å²) in [6, 6.07) is 14.4. The van der Waals surface area contributed by atoms with Gasteiger partial charge in [-0.25, -0.2) is 4.98 Å². The Morgan fingerprint density at radius 1 is 1.15 bits per heavy atom. The summed E-state index contributed by atoms with van der Waals surface area (Å²) >= 11 is 0. The molecule has 1 aromatic heterocycles. The van der Waals surface area contributed by atoms with Crippen LogP contribution in [-0.2, 0) is 19.4 Å². The van der Waals surface area contributed by atoms with E-state index < -0.39 is 0 Å². The van der Waals surface area contributed by atoms with Gasteiger partial charge in [0.05, 0.1) is 6.04 Å². The lowest BCUT2D eigenvalue weighted by atomic mass is 10.0. The Morgan fingerprint density at radius 3 is 2.67 bits per heavy atom. The lowest BCUT2D eigenvalue weighted by molar-refractivity contribution is 0.0940. The van der Waals surface area contributed by atoms with Crippen molar-refractivity contribution in [3.05, 3.63) is 88.5 Å². The average molecular weight is 359 g/mol. The highest BCUT2D eigenvalue weighted by Gasteiger charge is 2.15. The van der Waals surface area contributed by atoms with Crippen molar-refractivity contribution in [1.82, 2.24) is 14.9 Å². The highest BCUT2D eigenvalue weighted by Crippen LogP contribution is 2.25. The standard InChI is InChI=1S/C23H25N3O/c1-16(21-11-10-19-4-3-5-22(19)14-21)25-23(27)20-8-6-18(7-9-20)15-26-13-12-24-17(26)2/h6-14,16H,3-5,15H2,1-2H3,(H,25,27)/t16-/m1/s1. The first kappa shape index (κ1) is 17.5. The third-order valence-corrected chi connectivity index (χ3v) is 5.46. The maximum absolute atomic E-state index is 12.6. The zero-order valence-electron chi connectivity index (χ0n) is 15.9. The molecule has 3 aromatic rings. The molecule has 1 aliphatic carbocycles. The largest absolute Gasteiger partial charge is 0.346 e. The Morgan fingerprint density at radius 2 is 1.93 bits per heavy atom. The van der Waals surface area contributed by atoms with E-state index in [0.29, 0.717) is 5.56 Å².